The van der Waals surface area contributed by atoms with Crippen LogP contribution in [-0.4, -0.2) is 11.7 Å². The van der Waals surface area contributed by atoms with E-state index < -0.39 is 0 Å². The van der Waals surface area contributed by atoms with Gasteiger partial charge in [0.15, 0.2) is 0 Å². The van der Waals surface area contributed by atoms with Gasteiger partial charge in [-0.05, 0) is 48.1 Å². The Kier molecular flexibility index (Phi) is 4.90. The van der Waals surface area contributed by atoms with Gasteiger partial charge < -0.3 is 5.32 Å². The van der Waals surface area contributed by atoms with Gasteiger partial charge in [0.25, 0.3) is 5.91 Å². The Morgan fingerprint density at radius 1 is 1.04 bits per heavy atom. The second-order valence-corrected chi connectivity index (χ2v) is 6.06. The van der Waals surface area contributed by atoms with E-state index in [0.717, 1.165) is 30.7 Å². The molecule has 1 aliphatic rings. The minimum atomic E-state index is -0.116. The van der Waals surface area contributed by atoms with Crippen LogP contribution < -0.4 is 5.32 Å². The van der Waals surface area contributed by atoms with Gasteiger partial charge in [0.05, 0.1) is 0 Å². The molecule has 0 aromatic heterocycles. The normalized spacial score (nSPS) is 15.5. The highest BCUT2D eigenvalue weighted by molar-refractivity contribution is 6.14. The number of nitrogens with zero attached hydrogens (tertiary/aromatic N) is 1. The minimum absolute atomic E-state index is 0.116. The number of aliphatic imine (C=N–C) groups is 1. The number of amides is 1. The standard InChI is InChI=1S/C21H22N2O/c1-3-16-8-10-17(11-9-16)14-19-21(24)23-20(22-19)13-12-18-7-5-4-6-15(18)2/h4-11,14H,3,12-13H2,1-2H3,(H,22,23,24)/b19-14+. The minimum Gasteiger partial charge on any atom is -0.309 e. The maximum absolute atomic E-state index is 12.1. The third-order valence-corrected chi connectivity index (χ3v) is 4.33. The Morgan fingerprint density at radius 2 is 1.79 bits per heavy atom. The Balaban J connectivity index is 1.70. The van der Waals surface area contributed by atoms with Crippen molar-refractivity contribution in [3.05, 3.63) is 76.5 Å². The molecule has 3 nitrogen and oxygen atoms in total. The molecule has 24 heavy (non-hydrogen) atoms. The molecule has 0 spiro atoms. The molecule has 1 aliphatic heterocycles. The fraction of sp³-hybridized carbons (Fsp3) is 0.238. The molecule has 1 heterocycles. The summed E-state index contributed by atoms with van der Waals surface area (Å²) in [7, 11) is 0. The van der Waals surface area contributed by atoms with E-state index in [0.29, 0.717) is 5.70 Å². The molecule has 3 rings (SSSR count). The lowest BCUT2D eigenvalue weighted by Crippen LogP contribution is -2.24. The summed E-state index contributed by atoms with van der Waals surface area (Å²) in [5.74, 6) is 0.633. The summed E-state index contributed by atoms with van der Waals surface area (Å²) in [5, 5.41) is 2.88. The molecule has 1 N–H and O–H groups in total. The maximum Gasteiger partial charge on any atom is 0.275 e. The first-order chi connectivity index (χ1) is 11.7. The largest absolute Gasteiger partial charge is 0.309 e. The number of aryl methyl sites for hydroxylation is 3. The zero-order valence-corrected chi connectivity index (χ0v) is 14.2. The van der Waals surface area contributed by atoms with Crippen LogP contribution >= 0.6 is 0 Å². The molecule has 0 radical (unpaired) electrons. The second kappa shape index (κ2) is 7.26. The Morgan fingerprint density at radius 3 is 2.50 bits per heavy atom. The van der Waals surface area contributed by atoms with Gasteiger partial charge in [-0.3, -0.25) is 4.79 Å². The summed E-state index contributed by atoms with van der Waals surface area (Å²) in [6.07, 6.45) is 4.47. The molecular formula is C21H22N2O. The number of carbonyl (C=O) groups excluding carboxylic acids is 1. The molecule has 0 fully saturated rings. The number of amidine groups is 1. The van der Waals surface area contributed by atoms with Crippen LogP contribution in [0.1, 0.15) is 35.6 Å². The predicted octanol–water partition coefficient (Wildman–Crippen LogP) is 4.06. The summed E-state index contributed by atoms with van der Waals surface area (Å²) in [5.41, 5.74) is 5.34. The number of rotatable bonds is 5. The molecular weight excluding hydrogens is 296 g/mol. The number of hydrogen-bond acceptors (Lipinski definition) is 2. The summed E-state index contributed by atoms with van der Waals surface area (Å²) in [6, 6.07) is 16.5. The average molecular weight is 318 g/mol. The van der Waals surface area contributed by atoms with Crippen molar-refractivity contribution in [3.63, 3.8) is 0 Å². The van der Waals surface area contributed by atoms with Crippen LogP contribution in [0.5, 0.6) is 0 Å². The smallest absolute Gasteiger partial charge is 0.275 e. The van der Waals surface area contributed by atoms with Gasteiger partial charge in [-0.15, -0.1) is 0 Å². The first-order valence-electron chi connectivity index (χ1n) is 8.40. The molecule has 0 saturated heterocycles. The monoisotopic (exact) mass is 318 g/mol. The van der Waals surface area contributed by atoms with Gasteiger partial charge >= 0.3 is 0 Å². The van der Waals surface area contributed by atoms with E-state index in [2.05, 4.69) is 48.4 Å². The zero-order valence-electron chi connectivity index (χ0n) is 14.2. The van der Waals surface area contributed by atoms with E-state index in [1.165, 1.54) is 16.7 Å². The predicted molar refractivity (Wildman–Crippen MR) is 98.9 cm³/mol. The van der Waals surface area contributed by atoms with Gasteiger partial charge in [0, 0.05) is 6.42 Å². The van der Waals surface area contributed by atoms with E-state index in [4.69, 9.17) is 0 Å². The van der Waals surface area contributed by atoms with E-state index in [-0.39, 0.29) is 5.91 Å². The summed E-state index contributed by atoms with van der Waals surface area (Å²) in [6.45, 7) is 4.23. The highest BCUT2D eigenvalue weighted by atomic mass is 16.2. The topological polar surface area (TPSA) is 41.5 Å². The molecule has 2 aromatic carbocycles. The van der Waals surface area contributed by atoms with Crippen molar-refractivity contribution in [2.75, 3.05) is 0 Å². The highest BCUT2D eigenvalue weighted by Crippen LogP contribution is 2.16. The van der Waals surface area contributed by atoms with Crippen molar-refractivity contribution in [1.29, 1.82) is 0 Å². The van der Waals surface area contributed by atoms with Crippen LogP contribution in [0.4, 0.5) is 0 Å². The zero-order chi connectivity index (χ0) is 16.9. The summed E-state index contributed by atoms with van der Waals surface area (Å²) in [4.78, 5) is 16.6. The molecule has 122 valence electrons. The van der Waals surface area contributed by atoms with Gasteiger partial charge in [0.1, 0.15) is 11.5 Å². The van der Waals surface area contributed by atoms with E-state index in [1.807, 2.05) is 30.3 Å². The summed E-state index contributed by atoms with van der Waals surface area (Å²) < 4.78 is 0. The first-order valence-corrected chi connectivity index (χ1v) is 8.40. The van der Waals surface area contributed by atoms with Gasteiger partial charge in [0.2, 0.25) is 0 Å². The molecule has 2 aromatic rings. The number of hydrogen-bond donors (Lipinski definition) is 1. The van der Waals surface area contributed by atoms with Crippen molar-refractivity contribution < 1.29 is 4.79 Å². The maximum atomic E-state index is 12.1. The third-order valence-electron chi connectivity index (χ3n) is 4.33. The number of benzene rings is 2. The van der Waals surface area contributed by atoms with Gasteiger partial charge in [-0.25, -0.2) is 4.99 Å². The van der Waals surface area contributed by atoms with Crippen LogP contribution in [-0.2, 0) is 17.6 Å². The van der Waals surface area contributed by atoms with Crippen LogP contribution in [0.25, 0.3) is 6.08 Å². The number of nitrogens with one attached hydrogen (secondary N) is 1. The second-order valence-electron chi connectivity index (χ2n) is 6.06. The molecule has 0 aliphatic carbocycles. The van der Waals surface area contributed by atoms with Crippen molar-refractivity contribution >= 4 is 17.8 Å². The van der Waals surface area contributed by atoms with Crippen LogP contribution in [0.15, 0.2) is 59.2 Å². The molecule has 1 amide bonds. The van der Waals surface area contributed by atoms with Crippen LogP contribution in [0.3, 0.4) is 0 Å². The highest BCUT2D eigenvalue weighted by Gasteiger charge is 2.19. The number of carbonyl (C=O) groups is 1. The Bertz CT molecular complexity index is 801. The molecule has 0 unspecified atom stereocenters. The Hall–Kier alpha value is -2.68. The van der Waals surface area contributed by atoms with Gasteiger partial charge in [-0.1, -0.05) is 55.5 Å². The molecule has 0 atom stereocenters. The Labute approximate surface area is 143 Å². The van der Waals surface area contributed by atoms with E-state index in [9.17, 15) is 4.79 Å². The lowest BCUT2D eigenvalue weighted by molar-refractivity contribution is -0.115. The van der Waals surface area contributed by atoms with Gasteiger partial charge in [-0.2, -0.15) is 0 Å². The molecule has 3 heteroatoms. The van der Waals surface area contributed by atoms with Crippen molar-refractivity contribution in [2.24, 2.45) is 4.99 Å². The fourth-order valence-electron chi connectivity index (χ4n) is 2.79. The third kappa shape index (κ3) is 3.80. The molecule has 0 saturated carbocycles. The van der Waals surface area contributed by atoms with E-state index in [1.54, 1.807) is 0 Å². The van der Waals surface area contributed by atoms with Crippen LogP contribution in [0.2, 0.25) is 0 Å². The van der Waals surface area contributed by atoms with Crippen molar-refractivity contribution in [3.8, 4) is 0 Å². The lowest BCUT2D eigenvalue weighted by Gasteiger charge is -2.04. The summed E-state index contributed by atoms with van der Waals surface area (Å²) >= 11 is 0. The first kappa shape index (κ1) is 16.2. The quantitative estimate of drug-likeness (QED) is 0.830. The average Bonchev–Trinajstić information content (AvgIpc) is 2.94. The van der Waals surface area contributed by atoms with E-state index >= 15 is 0 Å². The van der Waals surface area contributed by atoms with Crippen LogP contribution in [0, 0.1) is 6.92 Å². The molecule has 0 bridgehead atoms. The van der Waals surface area contributed by atoms with Crippen molar-refractivity contribution in [1.82, 2.24) is 5.32 Å². The fourth-order valence-corrected chi connectivity index (χ4v) is 2.79. The lowest BCUT2D eigenvalue weighted by atomic mass is 10.0. The SMILES string of the molecule is CCc1ccc(/C=C2/N=C(CCc3ccccc3C)NC2=O)cc1. The van der Waals surface area contributed by atoms with Crippen molar-refractivity contribution in [2.45, 2.75) is 33.1 Å².